The zero-order valence-electron chi connectivity index (χ0n) is 18.2. The van der Waals surface area contributed by atoms with Crippen LogP contribution in [0.5, 0.6) is 0 Å². The summed E-state index contributed by atoms with van der Waals surface area (Å²) in [6.45, 7) is 0. The van der Waals surface area contributed by atoms with Crippen LogP contribution >= 0.6 is 20.2 Å². The molecule has 0 atom stereocenters. The van der Waals surface area contributed by atoms with Crippen molar-refractivity contribution in [2.75, 3.05) is 0 Å². The number of aryl methyl sites for hydroxylation is 2. The van der Waals surface area contributed by atoms with Gasteiger partial charge in [0.05, 0.1) is 22.8 Å². The van der Waals surface area contributed by atoms with Gasteiger partial charge in [0, 0.05) is 0 Å². The fraction of sp³-hybridized carbons (Fsp3) is 0.240. The van der Waals surface area contributed by atoms with Crippen molar-refractivity contribution in [2.45, 2.75) is 38.5 Å². The van der Waals surface area contributed by atoms with Gasteiger partial charge in [-0.05, 0) is 73.9 Å². The molecule has 2 aromatic carbocycles. The Kier molecular flexibility index (Phi) is 8.60. The molecule has 10 heteroatoms. The standard InChI is InChI=1S/C25H19F4N3.2ClH.Fe/c26-16-7-3-8-17(27)24(16)30-20-11-1-5-14-13-15-6-2-12-21(23(15)32-22(14)20)31-25-18(28)9-4-10-19(25)29;;;/h3-4,7-10,13H,1-2,5-6,11-12H2;2*1H;/q;;;+2/p-2. The normalized spacial score (nSPS) is 17.1. The summed E-state index contributed by atoms with van der Waals surface area (Å²) in [7, 11) is 9.53. The Bertz CT molecular complexity index is 1180. The molecule has 0 saturated carbocycles. The van der Waals surface area contributed by atoms with E-state index in [2.05, 4.69) is 9.98 Å². The van der Waals surface area contributed by atoms with E-state index in [1.807, 2.05) is 6.07 Å². The van der Waals surface area contributed by atoms with Gasteiger partial charge in [0.15, 0.2) is 23.3 Å². The molecule has 0 unspecified atom stereocenters. The summed E-state index contributed by atoms with van der Waals surface area (Å²) in [4.78, 5) is 13.4. The Morgan fingerprint density at radius 3 is 1.40 bits per heavy atom. The van der Waals surface area contributed by atoms with Crippen molar-refractivity contribution in [3.05, 3.63) is 88.2 Å². The molecule has 35 heavy (non-hydrogen) atoms. The van der Waals surface area contributed by atoms with E-state index >= 15 is 0 Å². The minimum absolute atomic E-state index is 0.194. The molecule has 0 saturated heterocycles. The van der Waals surface area contributed by atoms with Crippen LogP contribution in [-0.2, 0) is 26.0 Å². The molecular weight excluding hydrogens is 545 g/mol. The zero-order chi connectivity index (χ0) is 24.9. The second kappa shape index (κ2) is 11.7. The minimum atomic E-state index is -0.736. The summed E-state index contributed by atoms with van der Waals surface area (Å²) in [5.74, 6) is -2.94. The van der Waals surface area contributed by atoms with Gasteiger partial charge in [-0.2, -0.15) is 0 Å². The van der Waals surface area contributed by atoms with Gasteiger partial charge in [0.1, 0.15) is 11.4 Å². The van der Waals surface area contributed by atoms with E-state index in [0.717, 1.165) is 36.8 Å². The average Bonchev–Trinajstić information content (AvgIpc) is 2.83. The maximum atomic E-state index is 14.2. The van der Waals surface area contributed by atoms with Crippen LogP contribution in [0.1, 0.15) is 48.2 Å². The molecule has 3 nitrogen and oxygen atoms in total. The molecule has 0 spiro atoms. The van der Waals surface area contributed by atoms with Crippen LogP contribution < -0.4 is 0 Å². The van der Waals surface area contributed by atoms with Crippen LogP contribution in [0.25, 0.3) is 0 Å². The Hall–Kier alpha value is -2.25. The van der Waals surface area contributed by atoms with Crippen molar-refractivity contribution >= 4 is 43.0 Å². The van der Waals surface area contributed by atoms with Gasteiger partial charge in [0.2, 0.25) is 0 Å². The van der Waals surface area contributed by atoms with E-state index in [0.29, 0.717) is 35.7 Å². The number of nitrogens with zero attached hydrogens (tertiary/aromatic N) is 3. The molecule has 0 fully saturated rings. The summed E-state index contributed by atoms with van der Waals surface area (Å²) in [6, 6.07) is 9.28. The fourth-order valence-corrected chi connectivity index (χ4v) is 4.29. The van der Waals surface area contributed by atoms with E-state index in [1.54, 1.807) is 0 Å². The molecule has 0 bridgehead atoms. The Balaban J connectivity index is 0.000000917. The number of hydrogen-bond acceptors (Lipinski definition) is 3. The number of para-hydroxylation sites is 2. The maximum absolute atomic E-state index is 14.2. The third-order valence-electron chi connectivity index (χ3n) is 5.82. The molecule has 3 aromatic rings. The number of halogens is 6. The van der Waals surface area contributed by atoms with Crippen LogP contribution in [0.15, 0.2) is 52.4 Å². The summed E-state index contributed by atoms with van der Waals surface area (Å²) in [5.41, 5.74) is 3.39. The number of rotatable bonds is 2. The van der Waals surface area contributed by atoms with Crippen LogP contribution in [0, 0.1) is 23.3 Å². The number of fused-ring (bicyclic) bond motifs is 2. The van der Waals surface area contributed by atoms with E-state index in [-0.39, 0.29) is 24.5 Å². The Labute approximate surface area is 214 Å². The Morgan fingerprint density at radius 1 is 0.657 bits per heavy atom. The predicted octanol–water partition coefficient (Wildman–Crippen LogP) is 7.93. The quantitative estimate of drug-likeness (QED) is 0.230. The molecular formula is C25H19Cl2F4FeN3. The molecule has 2 aliphatic carbocycles. The number of pyridine rings is 1. The van der Waals surface area contributed by atoms with Gasteiger partial charge in [-0.1, -0.05) is 18.2 Å². The second-order valence-corrected chi connectivity index (χ2v) is 9.84. The second-order valence-electron chi connectivity index (χ2n) is 8.02. The molecule has 0 amide bonds. The number of benzene rings is 2. The van der Waals surface area contributed by atoms with Crippen LogP contribution in [0.3, 0.4) is 0 Å². The van der Waals surface area contributed by atoms with Gasteiger partial charge in [-0.15, -0.1) is 0 Å². The first-order valence-electron chi connectivity index (χ1n) is 10.8. The van der Waals surface area contributed by atoms with E-state index in [9.17, 15) is 17.6 Å². The van der Waals surface area contributed by atoms with Gasteiger partial charge in [-0.25, -0.2) is 32.5 Å². The summed E-state index contributed by atoms with van der Waals surface area (Å²) in [5, 5.41) is 0. The van der Waals surface area contributed by atoms with Gasteiger partial charge in [-0.3, -0.25) is 0 Å². The van der Waals surface area contributed by atoms with E-state index < -0.39 is 23.3 Å². The monoisotopic (exact) mass is 563 g/mol. The molecule has 0 radical (unpaired) electrons. The van der Waals surface area contributed by atoms with E-state index in [1.165, 1.54) is 36.4 Å². The van der Waals surface area contributed by atoms with Gasteiger partial charge < -0.3 is 0 Å². The van der Waals surface area contributed by atoms with Crippen molar-refractivity contribution in [1.82, 2.24) is 4.98 Å². The van der Waals surface area contributed by atoms with Crippen molar-refractivity contribution in [3.8, 4) is 0 Å². The van der Waals surface area contributed by atoms with Gasteiger partial charge in [0.25, 0.3) is 0 Å². The van der Waals surface area contributed by atoms with Crippen LogP contribution in [0.2, 0.25) is 0 Å². The topological polar surface area (TPSA) is 37.6 Å². The summed E-state index contributed by atoms with van der Waals surface area (Å²) < 4.78 is 56.7. The van der Waals surface area contributed by atoms with Crippen molar-refractivity contribution < 1.29 is 30.7 Å². The molecule has 5 rings (SSSR count). The van der Waals surface area contributed by atoms with Crippen LogP contribution in [-0.4, -0.2) is 16.4 Å². The van der Waals surface area contributed by atoms with Crippen molar-refractivity contribution in [3.63, 3.8) is 0 Å². The molecule has 1 aromatic heterocycles. The average molecular weight is 564 g/mol. The summed E-state index contributed by atoms with van der Waals surface area (Å²) in [6.07, 6.45) is 4.21. The van der Waals surface area contributed by atoms with E-state index in [4.69, 9.17) is 25.2 Å². The van der Waals surface area contributed by atoms with Crippen LogP contribution in [0.4, 0.5) is 28.9 Å². The first-order valence-corrected chi connectivity index (χ1v) is 13.9. The van der Waals surface area contributed by atoms with Gasteiger partial charge >= 0.3 is 33.3 Å². The molecule has 1 heterocycles. The first kappa shape index (κ1) is 25.8. The Morgan fingerprint density at radius 2 is 1.03 bits per heavy atom. The predicted molar refractivity (Wildman–Crippen MR) is 127 cm³/mol. The zero-order valence-corrected chi connectivity index (χ0v) is 20.9. The molecule has 184 valence electrons. The summed E-state index contributed by atoms with van der Waals surface area (Å²) >= 11 is 0.194. The number of aromatic nitrogens is 1. The first-order chi connectivity index (χ1) is 16.9. The number of aliphatic imine (C=N–C) groups is 2. The molecule has 0 N–H and O–H groups in total. The van der Waals surface area contributed by atoms with Crippen molar-refractivity contribution in [1.29, 1.82) is 0 Å². The third kappa shape index (κ3) is 5.78. The number of hydrogen-bond donors (Lipinski definition) is 0. The molecule has 0 aliphatic heterocycles. The third-order valence-corrected chi connectivity index (χ3v) is 5.82. The molecule has 2 aliphatic rings. The van der Waals surface area contributed by atoms with Crippen molar-refractivity contribution in [2.24, 2.45) is 9.98 Å². The SMILES string of the molecule is Fc1cccc(F)c1N=C1CCCc2cc3c(nc21)C(=Nc1c(F)cccc1F)CCC3.[Cl][Fe][Cl]. The fourth-order valence-electron chi connectivity index (χ4n) is 4.29.